The Morgan fingerprint density at radius 1 is 1.03 bits per heavy atom. The Morgan fingerprint density at radius 2 is 1.73 bits per heavy atom. The number of fused-ring (bicyclic) bond motifs is 1. The lowest BCUT2D eigenvalue weighted by atomic mass is 10.1. The Kier molecular flexibility index (Phi) is 5.66. The predicted molar refractivity (Wildman–Crippen MR) is 118 cm³/mol. The normalized spacial score (nSPS) is 15.6. The van der Waals surface area contributed by atoms with Gasteiger partial charge in [-0.25, -0.2) is 0 Å². The maximum atomic E-state index is 12.9. The number of nitrogens with one attached hydrogen (secondary N) is 2. The molecule has 0 spiro atoms. The molecule has 1 heterocycles. The van der Waals surface area contributed by atoms with Crippen molar-refractivity contribution < 1.29 is 14.3 Å². The lowest BCUT2D eigenvalue weighted by Crippen LogP contribution is -2.37. The van der Waals surface area contributed by atoms with E-state index in [0.717, 1.165) is 5.69 Å². The molecule has 4 rings (SSSR count). The number of anilines is 3. The van der Waals surface area contributed by atoms with E-state index in [1.807, 2.05) is 84.6 Å². The number of nitrogens with zero attached hydrogens (tertiary/aromatic N) is 1. The lowest BCUT2D eigenvalue weighted by Gasteiger charge is -2.25. The average molecular weight is 401 g/mol. The molecule has 1 aliphatic heterocycles. The fourth-order valence-electron chi connectivity index (χ4n) is 3.41. The van der Waals surface area contributed by atoms with Crippen molar-refractivity contribution in [2.24, 2.45) is 5.92 Å². The molecule has 6 nitrogen and oxygen atoms in total. The number of carbonyl (C=O) groups is 2. The molecule has 1 atom stereocenters. The highest BCUT2D eigenvalue weighted by Crippen LogP contribution is 2.31. The maximum Gasteiger partial charge on any atom is 0.243 e. The SMILES string of the molecule is CC1CN(CC(=O)Nc2ccccc2Oc2ccccc2)c2ccccc2NC1=O. The molecule has 2 N–H and O–H groups in total. The number of hydrogen-bond donors (Lipinski definition) is 2. The first-order valence-corrected chi connectivity index (χ1v) is 9.87. The Bertz CT molecular complexity index is 1050. The van der Waals surface area contributed by atoms with E-state index in [0.29, 0.717) is 29.4 Å². The second-order valence-corrected chi connectivity index (χ2v) is 7.25. The van der Waals surface area contributed by atoms with E-state index in [1.165, 1.54) is 0 Å². The van der Waals surface area contributed by atoms with Crippen LogP contribution < -0.4 is 20.3 Å². The van der Waals surface area contributed by atoms with Crippen molar-refractivity contribution in [2.45, 2.75) is 6.92 Å². The number of carbonyl (C=O) groups excluding carboxylic acids is 2. The van der Waals surface area contributed by atoms with Crippen LogP contribution in [0.15, 0.2) is 78.9 Å². The molecule has 0 aromatic heterocycles. The van der Waals surface area contributed by atoms with E-state index >= 15 is 0 Å². The number of hydrogen-bond acceptors (Lipinski definition) is 4. The van der Waals surface area contributed by atoms with Gasteiger partial charge in [-0.15, -0.1) is 0 Å². The fraction of sp³-hybridized carbons (Fsp3) is 0.167. The minimum atomic E-state index is -0.237. The van der Waals surface area contributed by atoms with Gasteiger partial charge in [0, 0.05) is 6.54 Å². The summed E-state index contributed by atoms with van der Waals surface area (Å²) in [6, 6.07) is 24.3. The summed E-state index contributed by atoms with van der Waals surface area (Å²) in [5, 5.41) is 5.87. The minimum Gasteiger partial charge on any atom is -0.455 e. The van der Waals surface area contributed by atoms with Crippen LogP contribution in [-0.2, 0) is 9.59 Å². The highest BCUT2D eigenvalue weighted by atomic mass is 16.5. The van der Waals surface area contributed by atoms with Crippen LogP contribution in [0.4, 0.5) is 17.1 Å². The minimum absolute atomic E-state index is 0.0491. The zero-order chi connectivity index (χ0) is 20.9. The molecule has 0 radical (unpaired) electrons. The summed E-state index contributed by atoms with van der Waals surface area (Å²) in [5.41, 5.74) is 2.14. The molecular formula is C24H23N3O3. The molecule has 3 aromatic rings. The molecule has 1 aliphatic rings. The first kappa shape index (κ1) is 19.5. The van der Waals surface area contributed by atoms with Crippen LogP contribution in [-0.4, -0.2) is 24.9 Å². The van der Waals surface area contributed by atoms with Crippen LogP contribution in [0.2, 0.25) is 0 Å². The van der Waals surface area contributed by atoms with Gasteiger partial charge in [0.1, 0.15) is 5.75 Å². The van der Waals surface area contributed by atoms with E-state index in [1.54, 1.807) is 6.07 Å². The summed E-state index contributed by atoms with van der Waals surface area (Å²) >= 11 is 0. The largest absolute Gasteiger partial charge is 0.455 e. The molecular weight excluding hydrogens is 378 g/mol. The number of amides is 2. The van der Waals surface area contributed by atoms with Crippen LogP contribution in [0, 0.1) is 5.92 Å². The highest BCUT2D eigenvalue weighted by molar-refractivity contribution is 6.00. The monoisotopic (exact) mass is 401 g/mol. The molecule has 0 saturated carbocycles. The van der Waals surface area contributed by atoms with Gasteiger partial charge in [0.2, 0.25) is 11.8 Å². The van der Waals surface area contributed by atoms with Gasteiger partial charge < -0.3 is 20.3 Å². The van der Waals surface area contributed by atoms with Crippen molar-refractivity contribution in [2.75, 3.05) is 28.6 Å². The molecule has 30 heavy (non-hydrogen) atoms. The van der Waals surface area contributed by atoms with Gasteiger partial charge in [0.25, 0.3) is 0 Å². The van der Waals surface area contributed by atoms with Crippen LogP contribution in [0.3, 0.4) is 0 Å². The zero-order valence-corrected chi connectivity index (χ0v) is 16.7. The van der Waals surface area contributed by atoms with E-state index in [-0.39, 0.29) is 24.3 Å². The van der Waals surface area contributed by atoms with Crippen molar-refractivity contribution in [3.63, 3.8) is 0 Å². The van der Waals surface area contributed by atoms with Gasteiger partial charge in [0.05, 0.1) is 29.5 Å². The molecule has 0 aliphatic carbocycles. The third kappa shape index (κ3) is 4.43. The first-order valence-electron chi connectivity index (χ1n) is 9.87. The predicted octanol–water partition coefficient (Wildman–Crippen LogP) is 4.51. The number of rotatable bonds is 5. The summed E-state index contributed by atoms with van der Waals surface area (Å²) in [4.78, 5) is 27.1. The van der Waals surface area contributed by atoms with Crippen molar-refractivity contribution in [1.29, 1.82) is 0 Å². The van der Waals surface area contributed by atoms with E-state index in [9.17, 15) is 9.59 Å². The van der Waals surface area contributed by atoms with Gasteiger partial charge >= 0.3 is 0 Å². The molecule has 152 valence electrons. The highest BCUT2D eigenvalue weighted by Gasteiger charge is 2.26. The third-order valence-electron chi connectivity index (χ3n) is 4.91. The van der Waals surface area contributed by atoms with Crippen LogP contribution in [0.1, 0.15) is 6.92 Å². The molecule has 2 amide bonds. The quantitative estimate of drug-likeness (QED) is 0.660. The van der Waals surface area contributed by atoms with Gasteiger partial charge in [-0.2, -0.15) is 0 Å². The Labute approximate surface area is 175 Å². The van der Waals surface area contributed by atoms with E-state index in [2.05, 4.69) is 10.6 Å². The van der Waals surface area contributed by atoms with Crippen molar-refractivity contribution in [3.05, 3.63) is 78.9 Å². The van der Waals surface area contributed by atoms with Crippen LogP contribution >= 0.6 is 0 Å². The summed E-state index contributed by atoms with van der Waals surface area (Å²) in [6.45, 7) is 2.43. The summed E-state index contributed by atoms with van der Waals surface area (Å²) in [6.07, 6.45) is 0. The average Bonchev–Trinajstić information content (AvgIpc) is 2.86. The molecule has 0 saturated heterocycles. The van der Waals surface area contributed by atoms with Crippen molar-refractivity contribution in [3.8, 4) is 11.5 Å². The Morgan fingerprint density at radius 3 is 2.57 bits per heavy atom. The zero-order valence-electron chi connectivity index (χ0n) is 16.7. The molecule has 0 bridgehead atoms. The summed E-state index contributed by atoms with van der Waals surface area (Å²) < 4.78 is 5.92. The van der Waals surface area contributed by atoms with Crippen LogP contribution in [0.5, 0.6) is 11.5 Å². The van der Waals surface area contributed by atoms with Crippen molar-refractivity contribution in [1.82, 2.24) is 0 Å². The molecule has 0 fully saturated rings. The Balaban J connectivity index is 1.51. The first-order chi connectivity index (χ1) is 14.6. The number of benzene rings is 3. The molecule has 3 aromatic carbocycles. The topological polar surface area (TPSA) is 70.7 Å². The van der Waals surface area contributed by atoms with E-state index < -0.39 is 0 Å². The van der Waals surface area contributed by atoms with Gasteiger partial charge in [0.15, 0.2) is 5.75 Å². The second kappa shape index (κ2) is 8.69. The van der Waals surface area contributed by atoms with Gasteiger partial charge in [-0.1, -0.05) is 49.4 Å². The number of para-hydroxylation sites is 5. The number of ether oxygens (including phenoxy) is 1. The second-order valence-electron chi connectivity index (χ2n) is 7.25. The smallest absolute Gasteiger partial charge is 0.243 e. The maximum absolute atomic E-state index is 12.9. The lowest BCUT2D eigenvalue weighted by molar-refractivity contribution is -0.119. The molecule has 6 heteroatoms. The summed E-state index contributed by atoms with van der Waals surface area (Å²) in [7, 11) is 0. The van der Waals surface area contributed by atoms with Crippen LogP contribution in [0.25, 0.3) is 0 Å². The van der Waals surface area contributed by atoms with Gasteiger partial charge in [-0.3, -0.25) is 9.59 Å². The van der Waals surface area contributed by atoms with E-state index in [4.69, 9.17) is 4.74 Å². The Hall–Kier alpha value is -3.80. The van der Waals surface area contributed by atoms with Crippen molar-refractivity contribution >= 4 is 28.9 Å². The third-order valence-corrected chi connectivity index (χ3v) is 4.91. The summed E-state index contributed by atoms with van der Waals surface area (Å²) in [5.74, 6) is 0.791. The van der Waals surface area contributed by atoms with Gasteiger partial charge in [-0.05, 0) is 36.4 Å². The fourth-order valence-corrected chi connectivity index (χ4v) is 3.41. The standard InChI is InChI=1S/C24H23N3O3/c1-17-15-27(21-13-7-5-11-19(21)26-24(17)29)16-23(28)25-20-12-6-8-14-22(20)30-18-9-3-2-4-10-18/h2-14,17H,15-16H2,1H3,(H,25,28)(H,26,29). The molecule has 1 unspecified atom stereocenters.